The van der Waals surface area contributed by atoms with Crippen LogP contribution in [0.1, 0.15) is 18.6 Å². The van der Waals surface area contributed by atoms with Crippen LogP contribution in [0.2, 0.25) is 0 Å². The first kappa shape index (κ1) is 13.7. The molecule has 0 aliphatic heterocycles. The van der Waals surface area contributed by atoms with E-state index >= 15 is 0 Å². The molecule has 0 radical (unpaired) electrons. The number of thioether (sulfide) groups is 1. The number of nitrogens with one attached hydrogen (secondary N) is 1. The van der Waals surface area contributed by atoms with Gasteiger partial charge in [-0.25, -0.2) is 0 Å². The Kier molecular flexibility index (Phi) is 5.56. The maximum atomic E-state index is 11.6. The number of hydrogen-bond donors (Lipinski definition) is 1. The third-order valence-corrected chi connectivity index (χ3v) is 3.70. The Hall–Kier alpha value is -1.68. The van der Waals surface area contributed by atoms with Gasteiger partial charge >= 0.3 is 0 Å². The number of carbonyl (C=O) groups is 1. The molecule has 0 atom stereocenters. The largest absolute Gasteiger partial charge is 0.467 e. The molecule has 4 heteroatoms. The van der Waals surface area contributed by atoms with Crippen LogP contribution in [0.15, 0.2) is 58.0 Å². The van der Waals surface area contributed by atoms with Crippen LogP contribution in [-0.4, -0.2) is 11.7 Å². The summed E-state index contributed by atoms with van der Waals surface area (Å²) < 4.78 is 5.15. The lowest BCUT2D eigenvalue weighted by Gasteiger charge is -2.03. The van der Waals surface area contributed by atoms with Gasteiger partial charge < -0.3 is 9.73 Å². The summed E-state index contributed by atoms with van der Waals surface area (Å²) in [5, 5.41) is 2.84. The Balaban J connectivity index is 1.57. The molecule has 3 nitrogen and oxygen atoms in total. The molecule has 0 aliphatic carbocycles. The van der Waals surface area contributed by atoms with E-state index in [2.05, 4.69) is 17.4 Å². The Morgan fingerprint density at radius 1 is 1.16 bits per heavy atom. The van der Waals surface area contributed by atoms with Gasteiger partial charge in [-0.3, -0.25) is 4.79 Å². The second-order valence-corrected chi connectivity index (χ2v) is 5.29. The number of hydrogen-bond acceptors (Lipinski definition) is 3. The van der Waals surface area contributed by atoms with Gasteiger partial charge in [-0.2, -0.15) is 0 Å². The number of benzene rings is 1. The summed E-state index contributed by atoms with van der Waals surface area (Å²) in [6.45, 7) is 0.470. The van der Waals surface area contributed by atoms with Crippen molar-refractivity contribution >= 4 is 17.7 Å². The molecule has 2 rings (SSSR count). The number of rotatable bonds is 7. The molecule has 19 heavy (non-hydrogen) atoms. The van der Waals surface area contributed by atoms with Crippen molar-refractivity contribution in [2.45, 2.75) is 24.3 Å². The first-order valence-electron chi connectivity index (χ1n) is 6.31. The average Bonchev–Trinajstić information content (AvgIpc) is 2.96. The van der Waals surface area contributed by atoms with E-state index in [1.807, 2.05) is 30.3 Å². The van der Waals surface area contributed by atoms with Crippen LogP contribution in [0.25, 0.3) is 0 Å². The number of furan rings is 1. The van der Waals surface area contributed by atoms with Gasteiger partial charge in [-0.1, -0.05) is 18.2 Å². The van der Waals surface area contributed by atoms with Crippen molar-refractivity contribution in [2.75, 3.05) is 5.75 Å². The van der Waals surface area contributed by atoms with E-state index in [4.69, 9.17) is 4.42 Å². The Morgan fingerprint density at radius 2 is 2.00 bits per heavy atom. The SMILES string of the molecule is O=C(CCCSc1ccccc1)NCc1ccco1. The monoisotopic (exact) mass is 275 g/mol. The van der Waals surface area contributed by atoms with Gasteiger partial charge in [0.1, 0.15) is 5.76 Å². The third kappa shape index (κ3) is 5.22. The van der Waals surface area contributed by atoms with E-state index in [-0.39, 0.29) is 5.91 Å². The summed E-state index contributed by atoms with van der Waals surface area (Å²) in [4.78, 5) is 12.8. The van der Waals surface area contributed by atoms with E-state index in [1.54, 1.807) is 18.0 Å². The molecular formula is C15H17NO2S. The highest BCUT2D eigenvalue weighted by Crippen LogP contribution is 2.18. The molecule has 2 aromatic rings. The molecule has 1 amide bonds. The summed E-state index contributed by atoms with van der Waals surface area (Å²) in [6.07, 6.45) is 3.04. The van der Waals surface area contributed by atoms with Crippen molar-refractivity contribution in [1.29, 1.82) is 0 Å². The van der Waals surface area contributed by atoms with E-state index in [0.717, 1.165) is 17.9 Å². The first-order valence-corrected chi connectivity index (χ1v) is 7.30. The molecular weight excluding hydrogens is 258 g/mol. The summed E-state index contributed by atoms with van der Waals surface area (Å²) in [5.74, 6) is 1.81. The normalized spacial score (nSPS) is 10.3. The zero-order valence-corrected chi connectivity index (χ0v) is 11.5. The van der Waals surface area contributed by atoms with Crippen LogP contribution in [-0.2, 0) is 11.3 Å². The second-order valence-electron chi connectivity index (χ2n) is 4.12. The van der Waals surface area contributed by atoms with Crippen molar-refractivity contribution < 1.29 is 9.21 Å². The third-order valence-electron chi connectivity index (χ3n) is 2.60. The number of carbonyl (C=O) groups excluding carboxylic acids is 1. The highest BCUT2D eigenvalue weighted by molar-refractivity contribution is 7.99. The second kappa shape index (κ2) is 7.69. The van der Waals surface area contributed by atoms with Crippen molar-refractivity contribution in [1.82, 2.24) is 5.32 Å². The van der Waals surface area contributed by atoms with Gasteiger partial charge in [0.05, 0.1) is 12.8 Å². The fourth-order valence-electron chi connectivity index (χ4n) is 1.63. The van der Waals surface area contributed by atoms with Gasteiger partial charge in [0, 0.05) is 11.3 Å². The van der Waals surface area contributed by atoms with Gasteiger partial charge in [0.15, 0.2) is 0 Å². The summed E-state index contributed by atoms with van der Waals surface area (Å²) in [5.41, 5.74) is 0. The molecule has 0 fully saturated rings. The van der Waals surface area contributed by atoms with E-state index in [1.165, 1.54) is 4.90 Å². The molecule has 0 aliphatic rings. The summed E-state index contributed by atoms with van der Waals surface area (Å²) in [6, 6.07) is 13.9. The van der Waals surface area contributed by atoms with Gasteiger partial charge in [0.2, 0.25) is 5.91 Å². The fraction of sp³-hybridized carbons (Fsp3) is 0.267. The lowest BCUT2D eigenvalue weighted by molar-refractivity contribution is -0.121. The summed E-state index contributed by atoms with van der Waals surface area (Å²) in [7, 11) is 0. The molecule has 0 spiro atoms. The van der Waals surface area contributed by atoms with E-state index < -0.39 is 0 Å². The molecule has 0 unspecified atom stereocenters. The standard InChI is InChI=1S/C15H17NO2S/c17-15(16-12-13-6-4-10-18-13)9-5-11-19-14-7-2-1-3-8-14/h1-4,6-8,10H,5,9,11-12H2,(H,16,17). The highest BCUT2D eigenvalue weighted by Gasteiger charge is 2.02. The molecule has 1 aromatic heterocycles. The molecule has 1 N–H and O–H groups in total. The minimum absolute atomic E-state index is 0.0741. The van der Waals surface area contributed by atoms with Crippen LogP contribution < -0.4 is 5.32 Å². The van der Waals surface area contributed by atoms with Crippen LogP contribution in [0.4, 0.5) is 0 Å². The number of amides is 1. The zero-order chi connectivity index (χ0) is 13.3. The quantitative estimate of drug-likeness (QED) is 0.621. The van der Waals surface area contributed by atoms with Gasteiger partial charge in [0.25, 0.3) is 0 Å². The predicted molar refractivity (Wildman–Crippen MR) is 77.0 cm³/mol. The Morgan fingerprint density at radius 3 is 2.74 bits per heavy atom. The van der Waals surface area contributed by atoms with Crippen molar-refractivity contribution in [3.05, 3.63) is 54.5 Å². The van der Waals surface area contributed by atoms with Crippen LogP contribution in [0.5, 0.6) is 0 Å². The predicted octanol–water partition coefficient (Wildman–Crippen LogP) is 3.47. The molecule has 0 bridgehead atoms. The summed E-state index contributed by atoms with van der Waals surface area (Å²) >= 11 is 1.78. The molecule has 1 aromatic carbocycles. The lowest BCUT2D eigenvalue weighted by Crippen LogP contribution is -2.22. The Labute approximate surface area is 117 Å². The average molecular weight is 275 g/mol. The molecule has 1 heterocycles. The minimum atomic E-state index is 0.0741. The van der Waals surface area contributed by atoms with Crippen LogP contribution in [0, 0.1) is 0 Å². The maximum Gasteiger partial charge on any atom is 0.220 e. The Bertz CT molecular complexity index is 482. The van der Waals surface area contributed by atoms with E-state index in [0.29, 0.717) is 13.0 Å². The molecule has 100 valence electrons. The minimum Gasteiger partial charge on any atom is -0.467 e. The van der Waals surface area contributed by atoms with Crippen molar-refractivity contribution in [2.24, 2.45) is 0 Å². The maximum absolute atomic E-state index is 11.6. The lowest BCUT2D eigenvalue weighted by atomic mass is 10.3. The van der Waals surface area contributed by atoms with Gasteiger partial charge in [-0.15, -0.1) is 11.8 Å². The first-order chi connectivity index (χ1) is 9.34. The fourth-order valence-corrected chi connectivity index (χ4v) is 2.50. The van der Waals surface area contributed by atoms with Crippen LogP contribution >= 0.6 is 11.8 Å². The van der Waals surface area contributed by atoms with E-state index in [9.17, 15) is 4.79 Å². The topological polar surface area (TPSA) is 42.2 Å². The van der Waals surface area contributed by atoms with Gasteiger partial charge in [-0.05, 0) is 36.4 Å². The highest BCUT2D eigenvalue weighted by atomic mass is 32.2. The zero-order valence-electron chi connectivity index (χ0n) is 10.7. The molecule has 0 saturated heterocycles. The van der Waals surface area contributed by atoms with Crippen molar-refractivity contribution in [3.8, 4) is 0 Å². The molecule has 0 saturated carbocycles. The smallest absolute Gasteiger partial charge is 0.220 e. The van der Waals surface area contributed by atoms with Crippen LogP contribution in [0.3, 0.4) is 0 Å². The van der Waals surface area contributed by atoms with Crippen molar-refractivity contribution in [3.63, 3.8) is 0 Å².